The van der Waals surface area contributed by atoms with E-state index in [0.29, 0.717) is 0 Å². The summed E-state index contributed by atoms with van der Waals surface area (Å²) in [5, 5.41) is 10.3. The van der Waals surface area contributed by atoms with Gasteiger partial charge in [0.05, 0.1) is 11.4 Å². The Hall–Kier alpha value is -1.90. The van der Waals surface area contributed by atoms with Crippen LogP contribution in [0.3, 0.4) is 0 Å². The van der Waals surface area contributed by atoms with Gasteiger partial charge in [-0.3, -0.25) is 9.78 Å². The van der Waals surface area contributed by atoms with Crippen LogP contribution in [0.2, 0.25) is 0 Å². The zero-order chi connectivity index (χ0) is 12.9. The number of rotatable bonds is 2. The smallest absolute Gasteiger partial charge is 0.307 e. The van der Waals surface area contributed by atoms with Crippen LogP contribution in [0.5, 0.6) is 0 Å². The Morgan fingerprint density at radius 3 is 2.72 bits per heavy atom. The minimum atomic E-state index is -0.710. The Bertz CT molecular complexity index is 633. The zero-order valence-electron chi connectivity index (χ0n) is 10.4. The quantitative estimate of drug-likeness (QED) is 0.879. The van der Waals surface area contributed by atoms with Gasteiger partial charge in [-0.25, -0.2) is 0 Å². The lowest BCUT2D eigenvalue weighted by Gasteiger charge is -2.04. The molecule has 1 aliphatic carbocycles. The van der Waals surface area contributed by atoms with Gasteiger partial charge in [-0.05, 0) is 23.1 Å². The van der Waals surface area contributed by atoms with Crippen molar-refractivity contribution in [2.24, 2.45) is 11.3 Å². The molecule has 1 saturated carbocycles. The Morgan fingerprint density at radius 1 is 1.33 bits per heavy atom. The number of aliphatic carboxylic acids is 1. The highest BCUT2D eigenvalue weighted by Gasteiger charge is 2.62. The molecule has 2 atom stereocenters. The first kappa shape index (κ1) is 11.2. The molecular formula is C15H15NO2. The van der Waals surface area contributed by atoms with Crippen LogP contribution in [0.25, 0.3) is 10.9 Å². The van der Waals surface area contributed by atoms with Gasteiger partial charge in [-0.15, -0.1) is 0 Å². The van der Waals surface area contributed by atoms with Crippen molar-refractivity contribution in [3.63, 3.8) is 0 Å². The average Bonchev–Trinajstić information content (AvgIpc) is 2.92. The molecule has 2 unspecified atom stereocenters. The summed E-state index contributed by atoms with van der Waals surface area (Å²) in [6.07, 6.45) is 1.82. The Labute approximate surface area is 105 Å². The number of carbonyl (C=O) groups is 1. The van der Waals surface area contributed by atoms with Crippen LogP contribution in [0, 0.1) is 11.3 Å². The van der Waals surface area contributed by atoms with Crippen LogP contribution in [-0.4, -0.2) is 16.1 Å². The minimum absolute atomic E-state index is 0.0760. The largest absolute Gasteiger partial charge is 0.481 e. The maximum absolute atomic E-state index is 11.2. The zero-order valence-corrected chi connectivity index (χ0v) is 10.4. The molecule has 3 heteroatoms. The minimum Gasteiger partial charge on any atom is -0.481 e. The van der Waals surface area contributed by atoms with E-state index < -0.39 is 5.97 Å². The molecule has 0 aliphatic heterocycles. The van der Waals surface area contributed by atoms with Gasteiger partial charge in [0, 0.05) is 17.5 Å². The van der Waals surface area contributed by atoms with Crippen LogP contribution in [0.4, 0.5) is 0 Å². The molecule has 0 saturated heterocycles. The highest BCUT2D eigenvalue weighted by Crippen LogP contribution is 2.64. The molecule has 2 aromatic rings. The number of pyridine rings is 1. The summed E-state index contributed by atoms with van der Waals surface area (Å²) >= 11 is 0. The second-order valence-corrected chi connectivity index (χ2v) is 5.58. The molecule has 1 aliphatic rings. The highest BCUT2D eigenvalue weighted by atomic mass is 16.4. The molecular weight excluding hydrogens is 226 g/mol. The van der Waals surface area contributed by atoms with Gasteiger partial charge in [0.25, 0.3) is 0 Å². The summed E-state index contributed by atoms with van der Waals surface area (Å²) < 4.78 is 0. The second kappa shape index (κ2) is 3.55. The van der Waals surface area contributed by atoms with Crippen molar-refractivity contribution < 1.29 is 9.90 Å². The third-order valence-electron chi connectivity index (χ3n) is 4.06. The molecule has 0 bridgehead atoms. The van der Waals surface area contributed by atoms with Gasteiger partial charge in [0.15, 0.2) is 0 Å². The first-order valence-corrected chi connectivity index (χ1v) is 6.09. The number of carboxylic acid groups (broad SMARTS) is 1. The van der Waals surface area contributed by atoms with E-state index in [0.717, 1.165) is 16.5 Å². The Morgan fingerprint density at radius 2 is 2.06 bits per heavy atom. The number of carboxylic acids is 1. The number of hydrogen-bond acceptors (Lipinski definition) is 2. The highest BCUT2D eigenvalue weighted by molar-refractivity contribution is 5.81. The third-order valence-corrected chi connectivity index (χ3v) is 4.06. The summed E-state index contributed by atoms with van der Waals surface area (Å²) in [5.41, 5.74) is 1.81. The molecule has 1 aromatic carbocycles. The van der Waals surface area contributed by atoms with E-state index in [-0.39, 0.29) is 17.3 Å². The fraction of sp³-hybridized carbons (Fsp3) is 0.333. The number of hydrogen-bond donors (Lipinski definition) is 1. The van der Waals surface area contributed by atoms with Crippen molar-refractivity contribution in [2.45, 2.75) is 19.8 Å². The van der Waals surface area contributed by atoms with E-state index in [1.165, 1.54) is 0 Å². The van der Waals surface area contributed by atoms with Gasteiger partial charge >= 0.3 is 5.97 Å². The molecule has 1 fully saturated rings. The summed E-state index contributed by atoms with van der Waals surface area (Å²) in [6.45, 7) is 4.01. The molecule has 0 radical (unpaired) electrons. The van der Waals surface area contributed by atoms with Crippen LogP contribution < -0.4 is 0 Å². The number of para-hydroxylation sites is 1. The summed E-state index contributed by atoms with van der Waals surface area (Å²) in [6, 6.07) is 9.97. The van der Waals surface area contributed by atoms with Crippen LogP contribution in [-0.2, 0) is 4.79 Å². The molecule has 3 nitrogen and oxygen atoms in total. The SMILES string of the molecule is CC1(C)C(C(=O)O)C1c1cnc2ccccc2c1. The fourth-order valence-electron chi connectivity index (χ4n) is 2.98. The monoisotopic (exact) mass is 241 g/mol. The number of benzene rings is 1. The first-order chi connectivity index (χ1) is 8.51. The maximum Gasteiger partial charge on any atom is 0.307 e. The van der Waals surface area contributed by atoms with Crippen LogP contribution in [0.1, 0.15) is 25.3 Å². The molecule has 0 spiro atoms. The number of nitrogens with zero attached hydrogens (tertiary/aromatic N) is 1. The predicted octanol–water partition coefficient (Wildman–Crippen LogP) is 3.06. The predicted molar refractivity (Wildman–Crippen MR) is 69.4 cm³/mol. The van der Waals surface area contributed by atoms with Crippen molar-refractivity contribution in [1.82, 2.24) is 4.98 Å². The van der Waals surface area contributed by atoms with E-state index in [9.17, 15) is 9.90 Å². The number of fused-ring (bicyclic) bond motifs is 1. The molecule has 1 N–H and O–H groups in total. The van der Waals surface area contributed by atoms with E-state index in [1.54, 1.807) is 0 Å². The molecule has 3 rings (SSSR count). The van der Waals surface area contributed by atoms with Gasteiger partial charge in [0.1, 0.15) is 0 Å². The standard InChI is InChI=1S/C15H15NO2/c1-15(2)12(13(15)14(17)18)10-7-9-5-3-4-6-11(9)16-8-10/h3-8,12-13H,1-2H3,(H,17,18). The van der Waals surface area contributed by atoms with Crippen LogP contribution in [0.15, 0.2) is 36.5 Å². The van der Waals surface area contributed by atoms with Crippen molar-refractivity contribution in [3.8, 4) is 0 Å². The van der Waals surface area contributed by atoms with E-state index in [1.807, 2.05) is 44.3 Å². The van der Waals surface area contributed by atoms with Crippen molar-refractivity contribution in [3.05, 3.63) is 42.1 Å². The summed E-state index contributed by atoms with van der Waals surface area (Å²) in [7, 11) is 0. The normalized spacial score (nSPS) is 25.0. The Balaban J connectivity index is 2.04. The topological polar surface area (TPSA) is 50.2 Å². The molecule has 1 aromatic heterocycles. The molecule has 1 heterocycles. The second-order valence-electron chi connectivity index (χ2n) is 5.58. The van der Waals surface area contributed by atoms with Crippen molar-refractivity contribution in [1.29, 1.82) is 0 Å². The molecule has 0 amide bonds. The fourth-order valence-corrected chi connectivity index (χ4v) is 2.98. The molecule has 18 heavy (non-hydrogen) atoms. The van der Waals surface area contributed by atoms with Crippen LogP contribution >= 0.6 is 0 Å². The van der Waals surface area contributed by atoms with E-state index >= 15 is 0 Å². The van der Waals surface area contributed by atoms with Crippen molar-refractivity contribution in [2.75, 3.05) is 0 Å². The lowest BCUT2D eigenvalue weighted by molar-refractivity contribution is -0.139. The average molecular weight is 241 g/mol. The molecule has 92 valence electrons. The number of aromatic nitrogens is 1. The lowest BCUT2D eigenvalue weighted by Crippen LogP contribution is -2.03. The van der Waals surface area contributed by atoms with Gasteiger partial charge in [-0.1, -0.05) is 32.0 Å². The Kier molecular flexibility index (Phi) is 2.21. The van der Waals surface area contributed by atoms with Gasteiger partial charge < -0.3 is 5.11 Å². The summed E-state index contributed by atoms with van der Waals surface area (Å²) in [5.74, 6) is -0.925. The van der Waals surface area contributed by atoms with E-state index in [2.05, 4.69) is 11.1 Å². The third kappa shape index (κ3) is 1.50. The summed E-state index contributed by atoms with van der Waals surface area (Å²) in [4.78, 5) is 15.6. The van der Waals surface area contributed by atoms with Gasteiger partial charge in [0.2, 0.25) is 0 Å². The van der Waals surface area contributed by atoms with Crippen molar-refractivity contribution >= 4 is 16.9 Å². The van der Waals surface area contributed by atoms with Gasteiger partial charge in [-0.2, -0.15) is 0 Å². The van der Waals surface area contributed by atoms with E-state index in [4.69, 9.17) is 0 Å². The maximum atomic E-state index is 11.2. The lowest BCUT2D eigenvalue weighted by atomic mass is 10.0. The first-order valence-electron chi connectivity index (χ1n) is 6.09.